The van der Waals surface area contributed by atoms with E-state index in [4.69, 9.17) is 0 Å². The minimum absolute atomic E-state index is 0. The zero-order chi connectivity index (χ0) is 0. The fourth-order valence-electron chi connectivity index (χ4n) is 0. The van der Waals surface area contributed by atoms with E-state index in [0.29, 0.717) is 0 Å². The fourth-order valence-corrected chi connectivity index (χ4v) is 0. The van der Waals surface area contributed by atoms with Crippen LogP contribution in [0.5, 0.6) is 0 Å². The summed E-state index contributed by atoms with van der Waals surface area (Å²) in [5.74, 6) is 0. The summed E-state index contributed by atoms with van der Waals surface area (Å²) >= 11 is 0. The Balaban J connectivity index is 0. The Kier molecular flexibility index (Phi) is 2340. The van der Waals surface area contributed by atoms with Crippen molar-refractivity contribution in [2.24, 2.45) is 0 Å². The predicted octanol–water partition coefficient (Wildman–Crippen LogP) is -0.0600. The van der Waals surface area contributed by atoms with Crippen LogP contribution in [-0.4, -0.2) is 0 Å². The summed E-state index contributed by atoms with van der Waals surface area (Å²) < 4.78 is 0. The Bertz CT molecular complexity index is 0. The van der Waals surface area contributed by atoms with E-state index in [2.05, 4.69) is 0 Å². The Morgan fingerprint density at radius 1 is 0.0417 bits per heavy atom. The molecule has 24 heteroatoms. The molecule has 0 aromatic rings. The summed E-state index contributed by atoms with van der Waals surface area (Å²) in [6, 6.07) is 0. The van der Waals surface area contributed by atoms with Gasteiger partial charge < -0.3 is 0 Å². The van der Waals surface area contributed by atoms with E-state index in [-0.39, 0.29) is 475 Å². The van der Waals surface area contributed by atoms with Gasteiger partial charge in [0.25, 0.3) is 0 Å². The first-order valence-electron chi connectivity index (χ1n) is 0. The van der Waals surface area contributed by atoms with E-state index in [9.17, 15) is 0 Å². The Hall–Kier alpha value is 15.3. The van der Waals surface area contributed by atoms with Crippen molar-refractivity contribution in [3.8, 4) is 0 Å². The molecule has 0 aromatic carbocycles. The zero-order valence-corrected chi connectivity index (χ0v) is 69.5. The monoisotopic (exact) mass is 4610 g/mol. The molecule has 0 spiro atoms. The molecule has 24 heavy (non-hydrogen) atoms. The standard InChI is InChI=1S/24Os. The molecule has 0 heterocycles. The minimum Gasteiger partial charge on any atom is 0 e. The normalized spacial score (nSPS) is 0. The van der Waals surface area contributed by atoms with Crippen LogP contribution in [0.1, 0.15) is 0 Å². The summed E-state index contributed by atoms with van der Waals surface area (Å²) in [7, 11) is 0. The summed E-state index contributed by atoms with van der Waals surface area (Å²) in [6.45, 7) is 0. The van der Waals surface area contributed by atoms with E-state index < -0.39 is 0 Å². The smallest absolute Gasteiger partial charge is 0 e. The topological polar surface area (TPSA) is 0 Å². The van der Waals surface area contributed by atoms with Crippen molar-refractivity contribution in [1.82, 2.24) is 0 Å². The third-order valence-electron chi connectivity index (χ3n) is 0. The van der Waals surface area contributed by atoms with E-state index >= 15 is 0 Å². The molecule has 0 aliphatic rings. The van der Waals surface area contributed by atoms with Gasteiger partial charge >= 0.3 is 0 Å². The average molecular weight is 4570 g/mol. The Morgan fingerprint density at radius 3 is 0.0417 bits per heavy atom. The van der Waals surface area contributed by atoms with Crippen LogP contribution in [-0.2, 0) is 475 Å². The summed E-state index contributed by atoms with van der Waals surface area (Å²) in [5, 5.41) is 0. The van der Waals surface area contributed by atoms with Gasteiger partial charge in [-0.05, 0) is 0 Å². The van der Waals surface area contributed by atoms with Crippen LogP contribution >= 0.6 is 0 Å². The zero-order valence-electron chi connectivity index (χ0n) is 8.49. The molecule has 0 bridgehead atoms. The van der Waals surface area contributed by atoms with Crippen molar-refractivity contribution in [2.75, 3.05) is 0 Å². The van der Waals surface area contributed by atoms with Gasteiger partial charge in [0.2, 0.25) is 0 Å². The van der Waals surface area contributed by atoms with Crippen molar-refractivity contribution < 1.29 is 475 Å². The average Bonchev–Trinajstić information content (AvgIpc) is 0. The van der Waals surface area contributed by atoms with Crippen LogP contribution in [0.4, 0.5) is 0 Å². The van der Waals surface area contributed by atoms with Gasteiger partial charge in [-0.1, -0.05) is 0 Å². The molecule has 0 radical (unpaired) electrons. The quantitative estimate of drug-likeness (QED) is 0.320. The Morgan fingerprint density at radius 2 is 0.0417 bits per heavy atom. The second-order valence-electron chi connectivity index (χ2n) is 0. The van der Waals surface area contributed by atoms with Crippen molar-refractivity contribution in [3.63, 3.8) is 0 Å². The molecule has 0 amide bonds. The largest absolute Gasteiger partial charge is 0 e. The van der Waals surface area contributed by atoms with E-state index in [1.54, 1.807) is 0 Å². The molecule has 0 saturated carbocycles. The molecule has 0 atom stereocenters. The van der Waals surface area contributed by atoms with Crippen LogP contribution < -0.4 is 0 Å². The molecular weight excluding hydrogens is 4570 g/mol. The van der Waals surface area contributed by atoms with Crippen LogP contribution in [0.15, 0.2) is 0 Å². The molecular formula is Os24. The summed E-state index contributed by atoms with van der Waals surface area (Å²) in [4.78, 5) is 0. The third kappa shape index (κ3) is 210. The molecule has 0 rings (SSSR count). The SMILES string of the molecule is [Os].[Os].[Os].[Os].[Os].[Os].[Os].[Os].[Os].[Os].[Os].[Os].[Os].[Os].[Os].[Os].[Os].[Os].[Os].[Os].[Os].[Os].[Os].[Os]. The first kappa shape index (κ1) is 247. The molecule has 0 aliphatic carbocycles. The summed E-state index contributed by atoms with van der Waals surface area (Å²) in [6.07, 6.45) is 0. The van der Waals surface area contributed by atoms with Gasteiger partial charge in [0, 0.05) is 475 Å². The fraction of sp³-hybridized carbons (Fsp3) is 0. The molecule has 0 N–H and O–H groups in total. The first-order chi connectivity index (χ1) is 0. The maximum absolute atomic E-state index is 0. The summed E-state index contributed by atoms with van der Waals surface area (Å²) in [5.41, 5.74) is 0. The first-order valence-corrected chi connectivity index (χ1v) is 0. The maximum Gasteiger partial charge on any atom is 0 e. The van der Waals surface area contributed by atoms with Crippen LogP contribution in [0.3, 0.4) is 0 Å². The van der Waals surface area contributed by atoms with Gasteiger partial charge in [-0.15, -0.1) is 0 Å². The molecule has 0 saturated heterocycles. The van der Waals surface area contributed by atoms with Gasteiger partial charge in [-0.25, -0.2) is 0 Å². The second kappa shape index (κ2) is 228. The van der Waals surface area contributed by atoms with Gasteiger partial charge in [0.15, 0.2) is 0 Å². The molecule has 0 fully saturated rings. The number of hydrogen-bond donors (Lipinski definition) is 0. The van der Waals surface area contributed by atoms with Crippen LogP contribution in [0.25, 0.3) is 0 Å². The van der Waals surface area contributed by atoms with Gasteiger partial charge in [0.05, 0.1) is 0 Å². The van der Waals surface area contributed by atoms with Crippen molar-refractivity contribution in [1.29, 1.82) is 0 Å². The van der Waals surface area contributed by atoms with Crippen molar-refractivity contribution in [3.05, 3.63) is 0 Å². The van der Waals surface area contributed by atoms with Crippen molar-refractivity contribution >= 4 is 0 Å². The third-order valence-corrected chi connectivity index (χ3v) is 0. The number of rotatable bonds is 0. The minimum atomic E-state index is 0. The molecule has 0 aliphatic heterocycles. The van der Waals surface area contributed by atoms with E-state index in [1.165, 1.54) is 0 Å². The van der Waals surface area contributed by atoms with E-state index in [1.807, 2.05) is 0 Å². The second-order valence-corrected chi connectivity index (χ2v) is 0. The van der Waals surface area contributed by atoms with Gasteiger partial charge in [-0.3, -0.25) is 0 Å². The maximum atomic E-state index is 0. The van der Waals surface area contributed by atoms with Crippen LogP contribution in [0, 0.1) is 0 Å². The molecule has 0 aromatic heterocycles. The van der Waals surface area contributed by atoms with Gasteiger partial charge in [0.1, 0.15) is 0 Å². The van der Waals surface area contributed by atoms with E-state index in [0.717, 1.165) is 0 Å². The number of hydrogen-bond acceptors (Lipinski definition) is 0. The molecule has 0 nitrogen and oxygen atoms in total. The Labute approximate surface area is 462 Å². The van der Waals surface area contributed by atoms with Gasteiger partial charge in [-0.2, -0.15) is 0 Å². The molecule has 192 valence electrons. The predicted molar refractivity (Wildman–Crippen MR) is 0 cm³/mol. The van der Waals surface area contributed by atoms with Crippen molar-refractivity contribution in [2.45, 2.75) is 0 Å². The van der Waals surface area contributed by atoms with Crippen LogP contribution in [0.2, 0.25) is 0 Å². The molecule has 0 unspecified atom stereocenters.